The number of nitrogens with zero attached hydrogens (tertiary/aromatic N) is 1. The second kappa shape index (κ2) is 8.32. The molecule has 3 rings (SSSR count). The maximum atomic E-state index is 12.2. The minimum Gasteiger partial charge on any atom is -0.441 e. The summed E-state index contributed by atoms with van der Waals surface area (Å²) >= 11 is 0. The molecule has 0 spiro atoms. The Morgan fingerprint density at radius 2 is 2.04 bits per heavy atom. The van der Waals surface area contributed by atoms with Gasteiger partial charge in [0.1, 0.15) is 0 Å². The number of rotatable bonds is 6. The van der Waals surface area contributed by atoms with Crippen LogP contribution in [-0.4, -0.2) is 16.9 Å². The minimum absolute atomic E-state index is 0.154. The Kier molecular flexibility index (Phi) is 5.90. The molecule has 1 aliphatic rings. The van der Waals surface area contributed by atoms with Crippen molar-refractivity contribution in [1.29, 1.82) is 0 Å². The van der Waals surface area contributed by atoms with Gasteiger partial charge in [-0.15, -0.1) is 0 Å². The standard InChI is InChI=1S/C21H28N2O2/c1-15-8-6-11-18(16(15)2)23-20(24)12-7-13-21-22-14-19(25-21)17-9-4-3-5-10-17/h3-5,9-10,14-16,18H,6-8,11-13H2,1-2H3,(H,23,24)/t15-,16-,18+/m1/s1. The molecule has 2 aromatic rings. The molecule has 1 fully saturated rings. The third-order valence-corrected chi connectivity index (χ3v) is 5.46. The van der Waals surface area contributed by atoms with Crippen LogP contribution in [0.25, 0.3) is 11.3 Å². The van der Waals surface area contributed by atoms with Crippen LogP contribution in [0.5, 0.6) is 0 Å². The highest BCUT2D eigenvalue weighted by Gasteiger charge is 2.27. The average molecular weight is 340 g/mol. The summed E-state index contributed by atoms with van der Waals surface area (Å²) in [4.78, 5) is 16.5. The van der Waals surface area contributed by atoms with Gasteiger partial charge in [0.15, 0.2) is 11.7 Å². The van der Waals surface area contributed by atoms with Gasteiger partial charge in [0.25, 0.3) is 0 Å². The van der Waals surface area contributed by atoms with Crippen LogP contribution < -0.4 is 5.32 Å². The molecule has 1 amide bonds. The molecule has 1 N–H and O–H groups in total. The van der Waals surface area contributed by atoms with Gasteiger partial charge in [-0.25, -0.2) is 4.98 Å². The molecule has 0 bridgehead atoms. The predicted molar refractivity (Wildman–Crippen MR) is 99.0 cm³/mol. The van der Waals surface area contributed by atoms with Crippen molar-refractivity contribution in [1.82, 2.24) is 10.3 Å². The SMILES string of the molecule is C[C@@H]1[C@H](C)CCC[C@@H]1NC(=O)CCCc1ncc(-c2ccccc2)o1. The van der Waals surface area contributed by atoms with Crippen molar-refractivity contribution >= 4 is 5.91 Å². The zero-order chi connectivity index (χ0) is 17.6. The Morgan fingerprint density at radius 3 is 2.84 bits per heavy atom. The molecular formula is C21H28N2O2. The van der Waals surface area contributed by atoms with Gasteiger partial charge in [-0.1, -0.05) is 57.0 Å². The molecule has 1 aliphatic carbocycles. The first-order valence-corrected chi connectivity index (χ1v) is 9.43. The number of aromatic nitrogens is 1. The molecule has 1 aromatic heterocycles. The largest absolute Gasteiger partial charge is 0.441 e. The maximum absolute atomic E-state index is 12.2. The lowest BCUT2D eigenvalue weighted by molar-refractivity contribution is -0.122. The van der Waals surface area contributed by atoms with E-state index in [2.05, 4.69) is 24.1 Å². The van der Waals surface area contributed by atoms with Crippen molar-refractivity contribution in [3.8, 4) is 11.3 Å². The van der Waals surface area contributed by atoms with Gasteiger partial charge in [0, 0.05) is 24.4 Å². The minimum atomic E-state index is 0.154. The smallest absolute Gasteiger partial charge is 0.220 e. The van der Waals surface area contributed by atoms with Crippen molar-refractivity contribution < 1.29 is 9.21 Å². The fourth-order valence-corrected chi connectivity index (χ4v) is 3.63. The van der Waals surface area contributed by atoms with Crippen LogP contribution in [-0.2, 0) is 11.2 Å². The van der Waals surface area contributed by atoms with Crippen LogP contribution in [0.1, 0.15) is 51.8 Å². The third-order valence-electron chi connectivity index (χ3n) is 5.46. The van der Waals surface area contributed by atoms with Crippen LogP contribution in [0.3, 0.4) is 0 Å². The molecule has 134 valence electrons. The van der Waals surface area contributed by atoms with Crippen LogP contribution in [0.4, 0.5) is 0 Å². The van der Waals surface area contributed by atoms with E-state index in [0.29, 0.717) is 36.6 Å². The molecule has 4 nitrogen and oxygen atoms in total. The highest BCUT2D eigenvalue weighted by molar-refractivity contribution is 5.76. The van der Waals surface area contributed by atoms with Crippen molar-refractivity contribution in [2.75, 3.05) is 0 Å². The number of carbonyl (C=O) groups is 1. The number of amides is 1. The van der Waals surface area contributed by atoms with Gasteiger partial charge in [-0.2, -0.15) is 0 Å². The van der Waals surface area contributed by atoms with Crippen LogP contribution in [0, 0.1) is 11.8 Å². The number of hydrogen-bond acceptors (Lipinski definition) is 3. The Bertz CT molecular complexity index is 680. The highest BCUT2D eigenvalue weighted by Crippen LogP contribution is 2.29. The molecule has 1 saturated carbocycles. The van der Waals surface area contributed by atoms with Crippen LogP contribution >= 0.6 is 0 Å². The number of nitrogens with one attached hydrogen (secondary N) is 1. The summed E-state index contributed by atoms with van der Waals surface area (Å²) in [7, 11) is 0. The second-order valence-electron chi connectivity index (χ2n) is 7.28. The molecule has 1 aromatic carbocycles. The zero-order valence-corrected chi connectivity index (χ0v) is 15.2. The first-order valence-electron chi connectivity index (χ1n) is 9.43. The first kappa shape index (κ1) is 17.7. The molecule has 25 heavy (non-hydrogen) atoms. The fraction of sp³-hybridized carbons (Fsp3) is 0.524. The van der Waals surface area contributed by atoms with E-state index in [9.17, 15) is 4.79 Å². The summed E-state index contributed by atoms with van der Waals surface area (Å²) < 4.78 is 5.79. The molecule has 0 saturated heterocycles. The van der Waals surface area contributed by atoms with E-state index >= 15 is 0 Å². The van der Waals surface area contributed by atoms with E-state index in [-0.39, 0.29) is 5.91 Å². The van der Waals surface area contributed by atoms with Gasteiger partial charge < -0.3 is 9.73 Å². The molecule has 3 atom stereocenters. The Hall–Kier alpha value is -2.10. The van der Waals surface area contributed by atoms with E-state index in [1.54, 1.807) is 6.20 Å². The van der Waals surface area contributed by atoms with Gasteiger partial charge in [0.2, 0.25) is 5.91 Å². The summed E-state index contributed by atoms with van der Waals surface area (Å²) in [6.45, 7) is 4.54. The first-order chi connectivity index (χ1) is 12.1. The molecule has 0 radical (unpaired) electrons. The van der Waals surface area contributed by atoms with E-state index < -0.39 is 0 Å². The van der Waals surface area contributed by atoms with E-state index in [1.807, 2.05) is 30.3 Å². The Balaban J connectivity index is 1.44. The number of hydrogen-bond donors (Lipinski definition) is 1. The molecule has 4 heteroatoms. The van der Waals surface area contributed by atoms with Crippen molar-refractivity contribution in [3.05, 3.63) is 42.4 Å². The fourth-order valence-electron chi connectivity index (χ4n) is 3.63. The van der Waals surface area contributed by atoms with Gasteiger partial charge in [0.05, 0.1) is 6.20 Å². The number of aryl methyl sites for hydroxylation is 1. The highest BCUT2D eigenvalue weighted by atomic mass is 16.4. The predicted octanol–water partition coefficient (Wildman–Crippen LogP) is 4.61. The lowest BCUT2D eigenvalue weighted by Gasteiger charge is -2.34. The summed E-state index contributed by atoms with van der Waals surface area (Å²) in [6, 6.07) is 10.3. The zero-order valence-electron chi connectivity index (χ0n) is 15.2. The van der Waals surface area contributed by atoms with Gasteiger partial charge in [-0.3, -0.25) is 4.79 Å². The second-order valence-corrected chi connectivity index (χ2v) is 7.28. The number of benzene rings is 1. The van der Waals surface area contributed by atoms with E-state index in [0.717, 1.165) is 24.2 Å². The Labute approximate surface area is 150 Å². The van der Waals surface area contributed by atoms with Crippen LogP contribution in [0.2, 0.25) is 0 Å². The topological polar surface area (TPSA) is 55.1 Å². The summed E-state index contributed by atoms with van der Waals surface area (Å²) in [6.07, 6.45) is 7.35. The molecule has 0 unspecified atom stereocenters. The monoisotopic (exact) mass is 340 g/mol. The summed E-state index contributed by atoms with van der Waals surface area (Å²) in [5, 5.41) is 3.23. The lowest BCUT2D eigenvalue weighted by Crippen LogP contribution is -2.43. The molecule has 1 heterocycles. The quantitative estimate of drug-likeness (QED) is 0.836. The molecular weight excluding hydrogens is 312 g/mol. The van der Waals surface area contributed by atoms with Crippen molar-refractivity contribution in [3.63, 3.8) is 0 Å². The summed E-state index contributed by atoms with van der Waals surface area (Å²) in [5.41, 5.74) is 1.03. The lowest BCUT2D eigenvalue weighted by atomic mass is 9.78. The average Bonchev–Trinajstić information content (AvgIpc) is 3.09. The number of oxazole rings is 1. The van der Waals surface area contributed by atoms with Crippen molar-refractivity contribution in [2.24, 2.45) is 11.8 Å². The van der Waals surface area contributed by atoms with Gasteiger partial charge in [-0.05, 0) is 24.7 Å². The third kappa shape index (κ3) is 4.71. The van der Waals surface area contributed by atoms with Crippen molar-refractivity contribution in [2.45, 2.75) is 58.4 Å². The Morgan fingerprint density at radius 1 is 1.24 bits per heavy atom. The normalized spacial score (nSPS) is 23.4. The van der Waals surface area contributed by atoms with E-state index in [4.69, 9.17) is 4.42 Å². The molecule has 0 aliphatic heterocycles. The van der Waals surface area contributed by atoms with Gasteiger partial charge >= 0.3 is 0 Å². The number of carbonyl (C=O) groups excluding carboxylic acids is 1. The summed E-state index contributed by atoms with van der Waals surface area (Å²) in [5.74, 6) is 2.90. The van der Waals surface area contributed by atoms with Crippen LogP contribution in [0.15, 0.2) is 40.9 Å². The van der Waals surface area contributed by atoms with E-state index in [1.165, 1.54) is 12.8 Å². The maximum Gasteiger partial charge on any atom is 0.220 e.